The summed E-state index contributed by atoms with van der Waals surface area (Å²) < 4.78 is 26.4. The minimum atomic E-state index is -3.15. The Hall–Kier alpha value is -1.93. The first kappa shape index (κ1) is 16.9. The Morgan fingerprint density at radius 2 is 2.08 bits per heavy atom. The molecule has 130 valence electrons. The second-order valence-corrected chi connectivity index (χ2v) is 8.13. The van der Waals surface area contributed by atoms with Gasteiger partial charge in [0.25, 0.3) is 0 Å². The highest BCUT2D eigenvalue weighted by Crippen LogP contribution is 2.19. The molecule has 3 rings (SSSR count). The lowest BCUT2D eigenvalue weighted by atomic mass is 9.97. The van der Waals surface area contributed by atoms with Crippen LogP contribution in [0.4, 0.5) is 0 Å². The fourth-order valence-corrected chi connectivity index (χ4v) is 3.95. The molecule has 0 spiro atoms. The van der Waals surface area contributed by atoms with Crippen LogP contribution in [-0.2, 0) is 21.2 Å². The molecule has 1 aliphatic heterocycles. The summed E-state index contributed by atoms with van der Waals surface area (Å²) in [5.74, 6) is 0.807. The van der Waals surface area contributed by atoms with E-state index < -0.39 is 10.0 Å². The number of nitrogens with one attached hydrogen (secondary N) is 1. The molecule has 1 saturated heterocycles. The van der Waals surface area contributed by atoms with E-state index in [2.05, 4.69) is 10.3 Å². The Labute approximate surface area is 141 Å². The molecule has 7 nitrogen and oxygen atoms in total. The molecular weight excluding hydrogens is 328 g/mol. The van der Waals surface area contributed by atoms with Crippen molar-refractivity contribution in [2.45, 2.75) is 19.3 Å². The van der Waals surface area contributed by atoms with Gasteiger partial charge in [0.05, 0.1) is 18.0 Å². The Balaban J connectivity index is 1.48. The van der Waals surface area contributed by atoms with Crippen LogP contribution in [0.2, 0.25) is 0 Å². The van der Waals surface area contributed by atoms with Gasteiger partial charge in [0, 0.05) is 38.2 Å². The first-order valence-corrected chi connectivity index (χ1v) is 9.94. The van der Waals surface area contributed by atoms with Crippen molar-refractivity contribution in [1.82, 2.24) is 19.0 Å². The fourth-order valence-electron chi connectivity index (χ4n) is 3.08. The van der Waals surface area contributed by atoms with Crippen LogP contribution in [-0.4, -0.2) is 53.9 Å². The van der Waals surface area contributed by atoms with Crippen LogP contribution in [0.5, 0.6) is 0 Å². The third kappa shape index (κ3) is 3.76. The van der Waals surface area contributed by atoms with Gasteiger partial charge in [0.2, 0.25) is 15.9 Å². The van der Waals surface area contributed by atoms with Crippen molar-refractivity contribution in [2.24, 2.45) is 5.92 Å². The zero-order chi connectivity index (χ0) is 17.2. The second-order valence-electron chi connectivity index (χ2n) is 6.15. The van der Waals surface area contributed by atoms with Gasteiger partial charge >= 0.3 is 0 Å². The number of carbonyl (C=O) groups excluding carboxylic acids is 1. The molecule has 1 fully saturated rings. The number of pyridine rings is 1. The molecule has 24 heavy (non-hydrogen) atoms. The van der Waals surface area contributed by atoms with E-state index in [-0.39, 0.29) is 11.8 Å². The molecule has 0 bridgehead atoms. The number of imidazole rings is 1. The maximum atomic E-state index is 12.2. The lowest BCUT2D eigenvalue weighted by molar-refractivity contribution is -0.126. The molecule has 3 heterocycles. The molecule has 0 unspecified atom stereocenters. The zero-order valence-electron chi connectivity index (χ0n) is 13.7. The van der Waals surface area contributed by atoms with E-state index in [1.807, 2.05) is 35.0 Å². The summed E-state index contributed by atoms with van der Waals surface area (Å²) in [6, 6.07) is 5.91. The van der Waals surface area contributed by atoms with Crippen molar-refractivity contribution in [3.63, 3.8) is 0 Å². The molecule has 0 aliphatic carbocycles. The number of piperidine rings is 1. The Morgan fingerprint density at radius 1 is 1.33 bits per heavy atom. The predicted molar refractivity (Wildman–Crippen MR) is 91.0 cm³/mol. The van der Waals surface area contributed by atoms with Crippen LogP contribution < -0.4 is 5.32 Å². The minimum Gasteiger partial charge on any atom is -0.355 e. The monoisotopic (exact) mass is 350 g/mol. The first-order chi connectivity index (χ1) is 11.4. The van der Waals surface area contributed by atoms with E-state index in [9.17, 15) is 13.2 Å². The van der Waals surface area contributed by atoms with E-state index in [0.29, 0.717) is 38.9 Å². The van der Waals surface area contributed by atoms with Crippen molar-refractivity contribution >= 4 is 21.4 Å². The van der Waals surface area contributed by atoms with E-state index in [4.69, 9.17) is 0 Å². The van der Waals surface area contributed by atoms with Gasteiger partial charge in [-0.3, -0.25) is 4.79 Å². The highest BCUT2D eigenvalue weighted by Gasteiger charge is 2.28. The summed E-state index contributed by atoms with van der Waals surface area (Å²) in [7, 11) is -3.15. The number of fused-ring (bicyclic) bond motifs is 1. The molecule has 8 heteroatoms. The van der Waals surface area contributed by atoms with Gasteiger partial charge in [0.1, 0.15) is 5.82 Å². The summed E-state index contributed by atoms with van der Waals surface area (Å²) in [4.78, 5) is 16.6. The van der Waals surface area contributed by atoms with Crippen molar-refractivity contribution in [3.8, 4) is 0 Å². The van der Waals surface area contributed by atoms with Gasteiger partial charge in [-0.2, -0.15) is 0 Å². The largest absolute Gasteiger partial charge is 0.355 e. The van der Waals surface area contributed by atoms with Gasteiger partial charge in [-0.05, 0) is 25.0 Å². The molecule has 2 aromatic rings. The summed E-state index contributed by atoms with van der Waals surface area (Å²) in [6.45, 7) is 1.36. The second kappa shape index (κ2) is 6.90. The number of rotatable bonds is 5. The van der Waals surface area contributed by atoms with Crippen molar-refractivity contribution in [1.29, 1.82) is 0 Å². The maximum Gasteiger partial charge on any atom is 0.223 e. The fraction of sp³-hybridized carbons (Fsp3) is 0.500. The molecule has 1 amide bonds. The van der Waals surface area contributed by atoms with E-state index in [0.717, 1.165) is 11.3 Å². The quantitative estimate of drug-likeness (QED) is 0.859. The number of sulfonamides is 1. The highest BCUT2D eigenvalue weighted by molar-refractivity contribution is 7.88. The van der Waals surface area contributed by atoms with Crippen LogP contribution in [0.1, 0.15) is 18.7 Å². The van der Waals surface area contributed by atoms with Gasteiger partial charge in [-0.25, -0.2) is 17.7 Å². The van der Waals surface area contributed by atoms with E-state index >= 15 is 0 Å². The van der Waals surface area contributed by atoms with Crippen LogP contribution in [0, 0.1) is 5.92 Å². The molecule has 2 aromatic heterocycles. The van der Waals surface area contributed by atoms with Crippen LogP contribution in [0.15, 0.2) is 30.6 Å². The lowest BCUT2D eigenvalue weighted by Crippen LogP contribution is -2.43. The van der Waals surface area contributed by atoms with Crippen LogP contribution >= 0.6 is 0 Å². The Bertz CT molecular complexity index is 823. The molecule has 1 aliphatic rings. The molecule has 0 saturated carbocycles. The normalized spacial score (nSPS) is 17.2. The molecule has 1 N–H and O–H groups in total. The first-order valence-electron chi connectivity index (χ1n) is 8.09. The average Bonchev–Trinajstić information content (AvgIpc) is 2.97. The number of nitrogens with zero attached hydrogens (tertiary/aromatic N) is 3. The van der Waals surface area contributed by atoms with Gasteiger partial charge in [-0.15, -0.1) is 0 Å². The highest BCUT2D eigenvalue weighted by atomic mass is 32.2. The smallest absolute Gasteiger partial charge is 0.223 e. The number of aromatic nitrogens is 2. The maximum absolute atomic E-state index is 12.2. The van der Waals surface area contributed by atoms with E-state index in [1.165, 1.54) is 10.6 Å². The van der Waals surface area contributed by atoms with Gasteiger partial charge in [-0.1, -0.05) is 6.07 Å². The Morgan fingerprint density at radius 3 is 2.79 bits per heavy atom. The third-order valence-corrected chi connectivity index (χ3v) is 5.76. The molecule has 0 radical (unpaired) electrons. The standard InChI is InChI=1S/C16H22N4O3S/c1-24(22,23)19-10-6-13(7-11-19)16(21)17-8-5-15-18-12-14-4-2-3-9-20(14)15/h2-4,9,12-13H,5-8,10-11H2,1H3,(H,17,21). The average molecular weight is 350 g/mol. The number of hydrogen-bond donors (Lipinski definition) is 1. The van der Waals surface area contributed by atoms with E-state index in [1.54, 1.807) is 0 Å². The minimum absolute atomic E-state index is 0.00372. The summed E-state index contributed by atoms with van der Waals surface area (Å²) in [6.07, 6.45) is 6.79. The molecule has 0 atom stereocenters. The van der Waals surface area contributed by atoms with Crippen molar-refractivity contribution < 1.29 is 13.2 Å². The van der Waals surface area contributed by atoms with Crippen molar-refractivity contribution in [3.05, 3.63) is 36.4 Å². The van der Waals surface area contributed by atoms with Gasteiger partial charge < -0.3 is 9.72 Å². The van der Waals surface area contributed by atoms with Crippen molar-refractivity contribution in [2.75, 3.05) is 25.9 Å². The topological polar surface area (TPSA) is 83.8 Å². The molecular formula is C16H22N4O3S. The van der Waals surface area contributed by atoms with Crippen LogP contribution in [0.25, 0.3) is 5.52 Å². The SMILES string of the molecule is CS(=O)(=O)N1CCC(C(=O)NCCc2ncc3ccccn23)CC1. The number of hydrogen-bond acceptors (Lipinski definition) is 4. The Kier molecular flexibility index (Phi) is 4.86. The van der Waals surface area contributed by atoms with Crippen LogP contribution in [0.3, 0.4) is 0 Å². The predicted octanol–water partition coefficient (Wildman–Crippen LogP) is 0.665. The summed E-state index contributed by atoms with van der Waals surface area (Å²) in [5.41, 5.74) is 1.03. The number of amides is 1. The zero-order valence-corrected chi connectivity index (χ0v) is 14.5. The number of carbonyl (C=O) groups is 1. The lowest BCUT2D eigenvalue weighted by Gasteiger charge is -2.29. The summed E-state index contributed by atoms with van der Waals surface area (Å²) >= 11 is 0. The molecule has 0 aromatic carbocycles. The van der Waals surface area contributed by atoms with Gasteiger partial charge in [0.15, 0.2) is 0 Å². The summed E-state index contributed by atoms with van der Waals surface area (Å²) in [5, 5.41) is 2.95. The third-order valence-electron chi connectivity index (χ3n) is 4.46.